The van der Waals surface area contributed by atoms with E-state index in [1.54, 1.807) is 0 Å². The van der Waals surface area contributed by atoms with E-state index in [0.717, 1.165) is 11.8 Å². The molecule has 0 aromatic heterocycles. The summed E-state index contributed by atoms with van der Waals surface area (Å²) in [7, 11) is 0. The molecule has 1 aromatic carbocycles. The Bertz CT molecular complexity index is 424. The molecule has 0 saturated heterocycles. The second-order valence-corrected chi connectivity index (χ2v) is 7.05. The summed E-state index contributed by atoms with van der Waals surface area (Å²) in [5.74, 6) is 7.63. The van der Waals surface area contributed by atoms with Crippen LogP contribution in [0, 0.1) is 11.8 Å². The number of hydrazine groups is 1. The predicted molar refractivity (Wildman–Crippen MR) is 84.2 cm³/mol. The van der Waals surface area contributed by atoms with E-state index in [1.807, 2.05) is 0 Å². The highest BCUT2D eigenvalue weighted by molar-refractivity contribution is 5.31. The van der Waals surface area contributed by atoms with Crippen LogP contribution < -0.4 is 11.3 Å². The highest BCUT2D eigenvalue weighted by atomic mass is 15.2. The first-order valence-corrected chi connectivity index (χ1v) is 8.28. The number of nitrogens with two attached hydrogens (primary N) is 1. The summed E-state index contributed by atoms with van der Waals surface area (Å²) >= 11 is 0. The maximum absolute atomic E-state index is 6.03. The lowest BCUT2D eigenvalue weighted by Crippen LogP contribution is -2.59. The van der Waals surface area contributed by atoms with E-state index in [2.05, 4.69) is 42.7 Å². The molecule has 110 valence electrons. The van der Waals surface area contributed by atoms with E-state index >= 15 is 0 Å². The molecule has 0 bridgehead atoms. The van der Waals surface area contributed by atoms with Crippen molar-refractivity contribution >= 4 is 0 Å². The molecular weight excluding hydrogens is 244 g/mol. The largest absolute Gasteiger partial charge is 0.271 e. The van der Waals surface area contributed by atoms with Crippen LogP contribution in [0.4, 0.5) is 0 Å². The predicted octanol–water partition coefficient (Wildman–Crippen LogP) is 3.77. The fourth-order valence-corrected chi connectivity index (χ4v) is 4.64. The summed E-state index contributed by atoms with van der Waals surface area (Å²) in [5.41, 5.74) is 5.02. The van der Waals surface area contributed by atoms with Crippen molar-refractivity contribution < 1.29 is 0 Å². The van der Waals surface area contributed by atoms with Crippen LogP contribution in [-0.2, 0) is 5.41 Å². The molecule has 3 rings (SSSR count). The molecule has 2 saturated carbocycles. The van der Waals surface area contributed by atoms with Crippen LogP contribution in [0.25, 0.3) is 0 Å². The molecule has 3 atom stereocenters. The third kappa shape index (κ3) is 2.40. The van der Waals surface area contributed by atoms with Gasteiger partial charge in [0.15, 0.2) is 0 Å². The zero-order chi connectivity index (χ0) is 14.0. The van der Waals surface area contributed by atoms with E-state index < -0.39 is 0 Å². The minimum atomic E-state index is 0.289. The molecule has 3 N–H and O–H groups in total. The normalized spacial score (nSPS) is 30.5. The summed E-state index contributed by atoms with van der Waals surface area (Å²) in [5, 5.41) is 0. The standard InChI is InChI=1S/C18H28N2/c1-14-7-5-8-15(13-14)17(20-19)18(11-6-12-18)16-9-3-2-4-10-16/h2-4,9-10,14-15,17,20H,5-8,11-13,19H2,1H3. The van der Waals surface area contributed by atoms with Gasteiger partial charge in [-0.3, -0.25) is 11.3 Å². The number of benzene rings is 1. The lowest BCUT2D eigenvalue weighted by Gasteiger charge is -2.52. The molecular formula is C18H28N2. The molecule has 0 aliphatic heterocycles. The quantitative estimate of drug-likeness (QED) is 0.647. The second kappa shape index (κ2) is 5.87. The van der Waals surface area contributed by atoms with E-state index in [-0.39, 0.29) is 5.41 Å². The number of rotatable bonds is 4. The molecule has 3 unspecified atom stereocenters. The average Bonchev–Trinajstić information content (AvgIpc) is 2.43. The minimum absolute atomic E-state index is 0.289. The maximum atomic E-state index is 6.03. The third-order valence-corrected chi connectivity index (χ3v) is 5.82. The Hall–Kier alpha value is -0.860. The van der Waals surface area contributed by atoms with Crippen LogP contribution >= 0.6 is 0 Å². The van der Waals surface area contributed by atoms with Gasteiger partial charge in [0.25, 0.3) is 0 Å². The summed E-state index contributed by atoms with van der Waals surface area (Å²) < 4.78 is 0. The van der Waals surface area contributed by atoms with Gasteiger partial charge in [0.1, 0.15) is 0 Å². The Morgan fingerprint density at radius 3 is 2.45 bits per heavy atom. The molecule has 2 aliphatic rings. The van der Waals surface area contributed by atoms with Gasteiger partial charge in [0.2, 0.25) is 0 Å². The van der Waals surface area contributed by atoms with Crippen molar-refractivity contribution in [2.24, 2.45) is 17.7 Å². The molecule has 2 aliphatic carbocycles. The maximum Gasteiger partial charge on any atom is 0.0335 e. The van der Waals surface area contributed by atoms with Gasteiger partial charge in [-0.2, -0.15) is 0 Å². The highest BCUT2D eigenvalue weighted by Gasteiger charge is 2.48. The molecule has 20 heavy (non-hydrogen) atoms. The molecule has 1 aromatic rings. The second-order valence-electron chi connectivity index (χ2n) is 7.05. The topological polar surface area (TPSA) is 38.0 Å². The van der Waals surface area contributed by atoms with Crippen molar-refractivity contribution in [2.45, 2.75) is 63.3 Å². The molecule has 0 amide bonds. The van der Waals surface area contributed by atoms with Crippen LogP contribution in [-0.4, -0.2) is 6.04 Å². The van der Waals surface area contributed by atoms with Gasteiger partial charge < -0.3 is 0 Å². The fourth-order valence-electron chi connectivity index (χ4n) is 4.64. The Morgan fingerprint density at radius 1 is 1.15 bits per heavy atom. The van der Waals surface area contributed by atoms with Crippen molar-refractivity contribution in [1.82, 2.24) is 5.43 Å². The SMILES string of the molecule is CC1CCCC(C(NN)C2(c3ccccc3)CCC2)C1. The lowest BCUT2D eigenvalue weighted by atomic mass is 9.56. The summed E-state index contributed by atoms with van der Waals surface area (Å²) in [4.78, 5) is 0. The van der Waals surface area contributed by atoms with Gasteiger partial charge in [-0.15, -0.1) is 0 Å². The van der Waals surface area contributed by atoms with Gasteiger partial charge in [0, 0.05) is 11.5 Å². The van der Waals surface area contributed by atoms with Gasteiger partial charge >= 0.3 is 0 Å². The molecule has 2 fully saturated rings. The Balaban J connectivity index is 1.86. The van der Waals surface area contributed by atoms with Crippen molar-refractivity contribution in [3.05, 3.63) is 35.9 Å². The Morgan fingerprint density at radius 2 is 1.90 bits per heavy atom. The van der Waals surface area contributed by atoms with Crippen molar-refractivity contribution in [1.29, 1.82) is 0 Å². The Labute approximate surface area is 123 Å². The number of hydrogen-bond acceptors (Lipinski definition) is 2. The fraction of sp³-hybridized carbons (Fsp3) is 0.667. The molecule has 0 radical (unpaired) electrons. The lowest BCUT2D eigenvalue weighted by molar-refractivity contribution is 0.0937. The summed E-state index contributed by atoms with van der Waals surface area (Å²) in [6, 6.07) is 11.5. The first-order valence-electron chi connectivity index (χ1n) is 8.28. The average molecular weight is 272 g/mol. The van der Waals surface area contributed by atoms with E-state index in [0.29, 0.717) is 6.04 Å². The van der Waals surface area contributed by atoms with Crippen LogP contribution in [0.15, 0.2) is 30.3 Å². The first kappa shape index (κ1) is 14.1. The van der Waals surface area contributed by atoms with Gasteiger partial charge in [-0.1, -0.05) is 56.5 Å². The van der Waals surface area contributed by atoms with E-state index in [4.69, 9.17) is 5.84 Å². The monoisotopic (exact) mass is 272 g/mol. The molecule has 2 nitrogen and oxygen atoms in total. The zero-order valence-electron chi connectivity index (χ0n) is 12.6. The minimum Gasteiger partial charge on any atom is -0.271 e. The van der Waals surface area contributed by atoms with E-state index in [9.17, 15) is 0 Å². The van der Waals surface area contributed by atoms with Gasteiger partial charge in [-0.05, 0) is 43.1 Å². The smallest absolute Gasteiger partial charge is 0.0335 e. The first-order chi connectivity index (χ1) is 9.76. The van der Waals surface area contributed by atoms with Gasteiger partial charge in [-0.25, -0.2) is 0 Å². The van der Waals surface area contributed by atoms with Crippen molar-refractivity contribution in [3.8, 4) is 0 Å². The number of nitrogens with one attached hydrogen (secondary N) is 1. The zero-order valence-corrected chi connectivity index (χ0v) is 12.6. The van der Waals surface area contributed by atoms with Crippen LogP contribution in [0.5, 0.6) is 0 Å². The van der Waals surface area contributed by atoms with Crippen LogP contribution in [0.1, 0.15) is 57.4 Å². The van der Waals surface area contributed by atoms with Crippen LogP contribution in [0.2, 0.25) is 0 Å². The van der Waals surface area contributed by atoms with E-state index in [1.165, 1.54) is 50.5 Å². The van der Waals surface area contributed by atoms with Crippen molar-refractivity contribution in [2.75, 3.05) is 0 Å². The summed E-state index contributed by atoms with van der Waals surface area (Å²) in [6.45, 7) is 2.40. The number of hydrogen-bond donors (Lipinski definition) is 2. The molecule has 2 heteroatoms. The molecule has 0 heterocycles. The Kier molecular flexibility index (Phi) is 4.13. The highest BCUT2D eigenvalue weighted by Crippen LogP contribution is 2.50. The van der Waals surface area contributed by atoms with Gasteiger partial charge in [0.05, 0.1) is 0 Å². The third-order valence-electron chi connectivity index (χ3n) is 5.82. The summed E-state index contributed by atoms with van der Waals surface area (Å²) in [6.07, 6.45) is 9.36. The van der Waals surface area contributed by atoms with Crippen LogP contribution in [0.3, 0.4) is 0 Å². The molecule has 0 spiro atoms. The van der Waals surface area contributed by atoms with Crippen molar-refractivity contribution in [3.63, 3.8) is 0 Å².